The summed E-state index contributed by atoms with van der Waals surface area (Å²) in [7, 11) is -2.05. The zero-order valence-corrected chi connectivity index (χ0v) is 21.0. The molecular formula is C24H29N3O5S2. The molecular weight excluding hydrogens is 474 g/mol. The number of hydrogen-bond donors (Lipinski definition) is 1. The van der Waals surface area contributed by atoms with E-state index in [2.05, 4.69) is 5.32 Å². The molecule has 0 saturated carbocycles. The third-order valence-corrected chi connectivity index (χ3v) is 9.27. The van der Waals surface area contributed by atoms with Gasteiger partial charge in [0.2, 0.25) is 21.8 Å². The van der Waals surface area contributed by atoms with E-state index >= 15 is 0 Å². The molecule has 2 aliphatic heterocycles. The second-order valence-electron chi connectivity index (χ2n) is 8.50. The number of sulfonamides is 1. The van der Waals surface area contributed by atoms with E-state index in [1.54, 1.807) is 25.3 Å². The Labute approximate surface area is 204 Å². The zero-order valence-electron chi connectivity index (χ0n) is 19.3. The largest absolute Gasteiger partial charge is 0.497 e. The summed E-state index contributed by atoms with van der Waals surface area (Å²) in [5, 5.41) is 2.85. The van der Waals surface area contributed by atoms with Gasteiger partial charge in [0.1, 0.15) is 12.3 Å². The summed E-state index contributed by atoms with van der Waals surface area (Å²) in [5.74, 6) is 0.482. The number of thioether (sulfide) groups is 1. The van der Waals surface area contributed by atoms with Crippen LogP contribution in [0, 0.1) is 5.92 Å². The van der Waals surface area contributed by atoms with Gasteiger partial charge in [-0.2, -0.15) is 4.31 Å². The maximum absolute atomic E-state index is 13.2. The highest BCUT2D eigenvalue weighted by atomic mass is 32.2. The lowest BCUT2D eigenvalue weighted by Gasteiger charge is -2.25. The Morgan fingerprint density at radius 3 is 2.53 bits per heavy atom. The monoisotopic (exact) mass is 503 g/mol. The van der Waals surface area contributed by atoms with E-state index in [4.69, 9.17) is 4.74 Å². The molecule has 0 aliphatic carbocycles. The lowest BCUT2D eigenvalue weighted by molar-refractivity contribution is -0.125. The van der Waals surface area contributed by atoms with Crippen molar-refractivity contribution in [3.05, 3.63) is 48.0 Å². The van der Waals surface area contributed by atoms with Gasteiger partial charge in [-0.15, -0.1) is 11.8 Å². The van der Waals surface area contributed by atoms with Crippen molar-refractivity contribution >= 4 is 39.3 Å². The van der Waals surface area contributed by atoms with Gasteiger partial charge >= 0.3 is 0 Å². The number of ether oxygens (including phenoxy) is 1. The molecule has 2 amide bonds. The van der Waals surface area contributed by atoms with Gasteiger partial charge in [0.25, 0.3) is 0 Å². The molecule has 1 N–H and O–H groups in total. The molecule has 8 nitrogen and oxygen atoms in total. The van der Waals surface area contributed by atoms with Crippen LogP contribution in [0.25, 0.3) is 0 Å². The van der Waals surface area contributed by atoms with Gasteiger partial charge in [-0.05, 0) is 48.7 Å². The minimum atomic E-state index is -3.64. The molecule has 2 heterocycles. The molecule has 1 atom stereocenters. The van der Waals surface area contributed by atoms with Crippen LogP contribution in [0.2, 0.25) is 0 Å². The van der Waals surface area contributed by atoms with E-state index in [1.165, 1.54) is 21.0 Å². The van der Waals surface area contributed by atoms with Gasteiger partial charge in [0.05, 0.1) is 17.7 Å². The summed E-state index contributed by atoms with van der Waals surface area (Å²) < 4.78 is 32.9. The first-order chi connectivity index (χ1) is 16.3. The van der Waals surface area contributed by atoms with Crippen LogP contribution in [0.1, 0.15) is 25.3 Å². The fourth-order valence-corrected chi connectivity index (χ4v) is 6.64. The molecule has 0 spiro atoms. The molecule has 34 heavy (non-hydrogen) atoms. The molecule has 2 aromatic carbocycles. The lowest BCUT2D eigenvalue weighted by Crippen LogP contribution is -2.43. The topological polar surface area (TPSA) is 96.0 Å². The van der Waals surface area contributed by atoms with Crippen molar-refractivity contribution in [2.45, 2.75) is 36.1 Å². The Morgan fingerprint density at radius 1 is 1.15 bits per heavy atom. The summed E-state index contributed by atoms with van der Waals surface area (Å²) >= 11 is 1.50. The first kappa shape index (κ1) is 24.6. The molecule has 1 saturated heterocycles. The highest BCUT2D eigenvalue weighted by molar-refractivity contribution is 7.99. The van der Waals surface area contributed by atoms with E-state index in [0.717, 1.165) is 29.1 Å². The number of carbonyl (C=O) groups is 2. The molecule has 2 aromatic rings. The number of hydrogen-bond acceptors (Lipinski definition) is 6. The molecule has 10 heteroatoms. The van der Waals surface area contributed by atoms with Crippen LogP contribution >= 0.6 is 11.8 Å². The second kappa shape index (κ2) is 10.4. The van der Waals surface area contributed by atoms with E-state index in [9.17, 15) is 18.0 Å². The van der Waals surface area contributed by atoms with Crippen molar-refractivity contribution in [2.75, 3.05) is 37.4 Å². The fraction of sp³-hybridized carbons (Fsp3) is 0.417. The third-order valence-electron chi connectivity index (χ3n) is 6.05. The summed E-state index contributed by atoms with van der Waals surface area (Å²) in [6.45, 7) is 2.96. The minimum absolute atomic E-state index is 0.153. The number of methoxy groups -OCH3 is 1. The SMILES string of the molecule is COc1ccc(CNC(=O)CN2C(=O)[C@H](C)CSc3ccc(S(=O)(=O)N4CCCC4)cc32)cc1. The number of rotatable bonds is 7. The fourth-order valence-electron chi connectivity index (χ4n) is 4.05. The van der Waals surface area contributed by atoms with Gasteiger partial charge in [-0.3, -0.25) is 9.59 Å². The average Bonchev–Trinajstić information content (AvgIpc) is 3.37. The molecule has 0 radical (unpaired) electrons. The molecule has 4 rings (SSSR count). The predicted molar refractivity (Wildman–Crippen MR) is 132 cm³/mol. The highest BCUT2D eigenvalue weighted by Gasteiger charge is 2.33. The number of amides is 2. The van der Waals surface area contributed by atoms with Crippen LogP contribution in [0.4, 0.5) is 5.69 Å². The van der Waals surface area contributed by atoms with Crippen molar-refractivity contribution in [3.63, 3.8) is 0 Å². The number of nitrogens with one attached hydrogen (secondary N) is 1. The third kappa shape index (κ3) is 5.24. The van der Waals surface area contributed by atoms with Crippen LogP contribution in [0.15, 0.2) is 52.3 Å². The summed E-state index contributed by atoms with van der Waals surface area (Å²) in [5.41, 5.74) is 1.37. The van der Waals surface area contributed by atoms with Crippen LogP contribution in [-0.4, -0.2) is 57.0 Å². The number of fused-ring (bicyclic) bond motifs is 1. The zero-order chi connectivity index (χ0) is 24.3. The van der Waals surface area contributed by atoms with Gasteiger partial charge in [0.15, 0.2) is 0 Å². The predicted octanol–water partition coefficient (Wildman–Crippen LogP) is 2.87. The maximum atomic E-state index is 13.2. The highest BCUT2D eigenvalue weighted by Crippen LogP contribution is 2.38. The van der Waals surface area contributed by atoms with Crippen molar-refractivity contribution < 1.29 is 22.7 Å². The van der Waals surface area contributed by atoms with Crippen molar-refractivity contribution in [1.29, 1.82) is 0 Å². The van der Waals surface area contributed by atoms with Gasteiger partial charge in [0, 0.05) is 36.2 Å². The Kier molecular flexibility index (Phi) is 7.49. The molecule has 0 aromatic heterocycles. The van der Waals surface area contributed by atoms with Crippen LogP contribution in [-0.2, 0) is 26.2 Å². The average molecular weight is 504 g/mol. The van der Waals surface area contributed by atoms with E-state index in [-0.39, 0.29) is 29.2 Å². The number of benzene rings is 2. The number of carbonyl (C=O) groups excluding carboxylic acids is 2. The van der Waals surface area contributed by atoms with Crippen molar-refractivity contribution in [2.24, 2.45) is 5.92 Å². The van der Waals surface area contributed by atoms with Crippen LogP contribution < -0.4 is 15.0 Å². The standard InChI is InChI=1S/C24H29N3O5S2/c1-17-16-33-22-10-9-20(34(30,31)26-11-3-4-12-26)13-21(22)27(24(17)29)15-23(28)25-14-18-5-7-19(32-2)8-6-18/h5-10,13,17H,3-4,11-12,14-16H2,1-2H3,(H,25,28)/t17-/m1/s1. The maximum Gasteiger partial charge on any atom is 0.243 e. The normalized spacial score (nSPS) is 18.9. The minimum Gasteiger partial charge on any atom is -0.497 e. The summed E-state index contributed by atoms with van der Waals surface area (Å²) in [6, 6.07) is 12.2. The smallest absolute Gasteiger partial charge is 0.243 e. The second-order valence-corrected chi connectivity index (χ2v) is 11.5. The molecule has 2 aliphatic rings. The Hall–Kier alpha value is -2.56. The van der Waals surface area contributed by atoms with Crippen molar-refractivity contribution in [3.8, 4) is 5.75 Å². The van der Waals surface area contributed by atoms with Crippen LogP contribution in [0.3, 0.4) is 0 Å². The number of anilines is 1. The van der Waals surface area contributed by atoms with E-state index < -0.39 is 10.0 Å². The van der Waals surface area contributed by atoms with Crippen molar-refractivity contribution in [1.82, 2.24) is 9.62 Å². The quantitative estimate of drug-likeness (QED) is 0.624. The lowest BCUT2D eigenvalue weighted by atomic mass is 10.1. The van der Waals surface area contributed by atoms with Gasteiger partial charge < -0.3 is 15.0 Å². The first-order valence-corrected chi connectivity index (χ1v) is 13.7. The molecule has 0 unspecified atom stereocenters. The Balaban J connectivity index is 1.55. The van der Waals surface area contributed by atoms with Crippen LogP contribution in [0.5, 0.6) is 5.75 Å². The van der Waals surface area contributed by atoms with Gasteiger partial charge in [-0.25, -0.2) is 8.42 Å². The molecule has 0 bridgehead atoms. The summed E-state index contributed by atoms with van der Waals surface area (Å²) in [6.07, 6.45) is 1.69. The van der Waals surface area contributed by atoms with E-state index in [0.29, 0.717) is 31.1 Å². The summed E-state index contributed by atoms with van der Waals surface area (Å²) in [4.78, 5) is 28.3. The molecule has 1 fully saturated rings. The Bertz CT molecular complexity index is 1160. The van der Waals surface area contributed by atoms with E-state index in [1.807, 2.05) is 31.2 Å². The first-order valence-electron chi connectivity index (χ1n) is 11.3. The molecule has 182 valence electrons. The Morgan fingerprint density at radius 2 is 1.85 bits per heavy atom. The number of nitrogens with zero attached hydrogens (tertiary/aromatic N) is 2. The van der Waals surface area contributed by atoms with Gasteiger partial charge in [-0.1, -0.05) is 19.1 Å².